The van der Waals surface area contributed by atoms with Crippen LogP contribution in [0.25, 0.3) is 0 Å². The van der Waals surface area contributed by atoms with E-state index in [2.05, 4.69) is 36.3 Å². The van der Waals surface area contributed by atoms with E-state index in [9.17, 15) is 0 Å². The molecule has 0 aliphatic carbocycles. The molecule has 1 N–H and O–H groups in total. The molecule has 2 rings (SSSR count). The molecule has 1 aromatic carbocycles. The molecule has 0 bridgehead atoms. The summed E-state index contributed by atoms with van der Waals surface area (Å²) in [4.78, 5) is 5.59. The minimum Gasteiger partial charge on any atom is -0.496 e. The predicted molar refractivity (Wildman–Crippen MR) is 80.2 cm³/mol. The number of methoxy groups -OCH3 is 1. The number of benzene rings is 1. The van der Waals surface area contributed by atoms with E-state index in [4.69, 9.17) is 4.74 Å². The molecule has 1 heterocycles. The quantitative estimate of drug-likeness (QED) is 0.929. The average molecular weight is 276 g/mol. The zero-order valence-corrected chi connectivity index (χ0v) is 12.9. The van der Waals surface area contributed by atoms with Gasteiger partial charge in [0.25, 0.3) is 0 Å². The van der Waals surface area contributed by atoms with Crippen molar-refractivity contribution in [3.8, 4) is 5.75 Å². The van der Waals surface area contributed by atoms with E-state index in [-0.39, 0.29) is 6.04 Å². The molecule has 0 saturated carbocycles. The topological polar surface area (TPSA) is 34.2 Å². The number of nitrogens with one attached hydrogen (secondary N) is 1. The zero-order valence-electron chi connectivity index (χ0n) is 12.1. The lowest BCUT2D eigenvalue weighted by molar-refractivity contribution is 0.411. The average Bonchev–Trinajstić information content (AvgIpc) is 2.80. The lowest BCUT2D eigenvalue weighted by atomic mass is 9.97. The van der Waals surface area contributed by atoms with E-state index in [0.29, 0.717) is 0 Å². The molecule has 0 fully saturated rings. The van der Waals surface area contributed by atoms with Crippen LogP contribution in [0.4, 0.5) is 0 Å². The van der Waals surface area contributed by atoms with Gasteiger partial charge in [-0.3, -0.25) is 0 Å². The Labute approximate surface area is 118 Å². The fraction of sp³-hybridized carbons (Fsp3) is 0.400. The molecule has 0 aliphatic heterocycles. The standard InChI is InChI=1S/C15H20N2OS/c1-9-7-13(18-5)10(2)6-12(9)15(16-4)14-8-17-11(3)19-14/h6-8,15-16H,1-5H3. The number of thiazole rings is 1. The number of aryl methyl sites for hydroxylation is 3. The van der Waals surface area contributed by atoms with Crippen molar-refractivity contribution in [2.75, 3.05) is 14.2 Å². The van der Waals surface area contributed by atoms with Crippen LogP contribution >= 0.6 is 11.3 Å². The first-order valence-electron chi connectivity index (χ1n) is 6.31. The maximum absolute atomic E-state index is 5.37. The summed E-state index contributed by atoms with van der Waals surface area (Å²) >= 11 is 1.73. The predicted octanol–water partition coefficient (Wildman–Crippen LogP) is 3.39. The first-order chi connectivity index (χ1) is 9.06. The Kier molecular flexibility index (Phi) is 4.22. The van der Waals surface area contributed by atoms with Gasteiger partial charge in [0, 0.05) is 11.1 Å². The highest BCUT2D eigenvalue weighted by Crippen LogP contribution is 2.32. The third kappa shape index (κ3) is 2.80. The van der Waals surface area contributed by atoms with Gasteiger partial charge in [0.05, 0.1) is 18.2 Å². The molecule has 0 amide bonds. The Hall–Kier alpha value is -1.39. The van der Waals surface area contributed by atoms with E-state index >= 15 is 0 Å². The number of rotatable bonds is 4. The highest BCUT2D eigenvalue weighted by atomic mass is 32.1. The van der Waals surface area contributed by atoms with Crippen molar-refractivity contribution in [1.29, 1.82) is 0 Å². The SMILES string of the molecule is CNC(c1cnc(C)s1)c1cc(C)c(OC)cc1C. The second-order valence-electron chi connectivity index (χ2n) is 4.68. The Morgan fingerprint density at radius 1 is 1.21 bits per heavy atom. The lowest BCUT2D eigenvalue weighted by Gasteiger charge is -2.19. The van der Waals surface area contributed by atoms with Crippen LogP contribution in [0.2, 0.25) is 0 Å². The van der Waals surface area contributed by atoms with Crippen molar-refractivity contribution >= 4 is 11.3 Å². The number of hydrogen-bond acceptors (Lipinski definition) is 4. The molecule has 0 spiro atoms. The second kappa shape index (κ2) is 5.72. The van der Waals surface area contributed by atoms with Gasteiger partial charge in [0.2, 0.25) is 0 Å². The number of aromatic nitrogens is 1. The first-order valence-corrected chi connectivity index (χ1v) is 7.13. The van der Waals surface area contributed by atoms with Crippen LogP contribution in [-0.2, 0) is 0 Å². The van der Waals surface area contributed by atoms with Crippen molar-refractivity contribution in [2.24, 2.45) is 0 Å². The van der Waals surface area contributed by atoms with E-state index in [0.717, 1.165) is 16.3 Å². The van der Waals surface area contributed by atoms with Crippen LogP contribution in [0.3, 0.4) is 0 Å². The number of hydrogen-bond donors (Lipinski definition) is 1. The van der Waals surface area contributed by atoms with E-state index in [1.54, 1.807) is 18.4 Å². The molecule has 4 heteroatoms. The van der Waals surface area contributed by atoms with E-state index in [1.165, 1.54) is 16.0 Å². The van der Waals surface area contributed by atoms with Gasteiger partial charge in [-0.05, 0) is 50.6 Å². The summed E-state index contributed by atoms with van der Waals surface area (Å²) < 4.78 is 5.37. The Balaban J connectivity index is 2.47. The third-order valence-corrected chi connectivity index (χ3v) is 4.28. The Morgan fingerprint density at radius 3 is 2.47 bits per heavy atom. The minimum absolute atomic E-state index is 0.191. The summed E-state index contributed by atoms with van der Waals surface area (Å²) in [6.45, 7) is 6.23. The van der Waals surface area contributed by atoms with Gasteiger partial charge in [-0.15, -0.1) is 11.3 Å². The van der Waals surface area contributed by atoms with Gasteiger partial charge in [-0.2, -0.15) is 0 Å². The normalized spacial score (nSPS) is 12.5. The molecular weight excluding hydrogens is 256 g/mol. The Bertz CT molecular complexity index is 578. The summed E-state index contributed by atoms with van der Waals surface area (Å²) in [6.07, 6.45) is 1.96. The van der Waals surface area contributed by atoms with Gasteiger partial charge in [-0.1, -0.05) is 6.07 Å². The third-order valence-electron chi connectivity index (χ3n) is 3.31. The molecule has 19 heavy (non-hydrogen) atoms. The van der Waals surface area contributed by atoms with Crippen molar-refractivity contribution < 1.29 is 4.74 Å². The van der Waals surface area contributed by atoms with Crippen molar-refractivity contribution in [2.45, 2.75) is 26.8 Å². The van der Waals surface area contributed by atoms with E-state index < -0.39 is 0 Å². The van der Waals surface area contributed by atoms with Crippen LogP contribution in [0, 0.1) is 20.8 Å². The molecule has 1 atom stereocenters. The summed E-state index contributed by atoms with van der Waals surface area (Å²) in [5.41, 5.74) is 3.67. The lowest BCUT2D eigenvalue weighted by Crippen LogP contribution is -2.18. The molecule has 0 aliphatic rings. The largest absolute Gasteiger partial charge is 0.496 e. The molecule has 1 aromatic heterocycles. The highest BCUT2D eigenvalue weighted by molar-refractivity contribution is 7.11. The maximum Gasteiger partial charge on any atom is 0.122 e. The summed E-state index contributed by atoms with van der Waals surface area (Å²) in [7, 11) is 3.70. The maximum atomic E-state index is 5.37. The van der Waals surface area contributed by atoms with Crippen LogP contribution < -0.4 is 10.1 Å². The van der Waals surface area contributed by atoms with Gasteiger partial charge in [0.15, 0.2) is 0 Å². The van der Waals surface area contributed by atoms with Crippen molar-refractivity contribution in [1.82, 2.24) is 10.3 Å². The molecule has 0 saturated heterocycles. The fourth-order valence-electron chi connectivity index (χ4n) is 2.31. The monoisotopic (exact) mass is 276 g/mol. The van der Waals surface area contributed by atoms with Crippen molar-refractivity contribution in [3.05, 3.63) is 44.9 Å². The zero-order chi connectivity index (χ0) is 14.0. The van der Waals surface area contributed by atoms with Crippen LogP contribution in [0.1, 0.15) is 32.6 Å². The van der Waals surface area contributed by atoms with Crippen molar-refractivity contribution in [3.63, 3.8) is 0 Å². The highest BCUT2D eigenvalue weighted by Gasteiger charge is 2.18. The molecule has 2 aromatic rings. The van der Waals surface area contributed by atoms with E-state index in [1.807, 2.05) is 20.2 Å². The first kappa shape index (κ1) is 14.0. The summed E-state index contributed by atoms with van der Waals surface area (Å²) in [5, 5.41) is 4.48. The molecule has 0 radical (unpaired) electrons. The fourth-order valence-corrected chi connectivity index (χ4v) is 3.22. The van der Waals surface area contributed by atoms with Crippen LogP contribution in [0.15, 0.2) is 18.3 Å². The molecule has 102 valence electrons. The summed E-state index contributed by atoms with van der Waals surface area (Å²) in [5.74, 6) is 0.941. The molecule has 1 unspecified atom stereocenters. The number of nitrogens with zero attached hydrogens (tertiary/aromatic N) is 1. The second-order valence-corrected chi connectivity index (χ2v) is 5.95. The summed E-state index contributed by atoms with van der Waals surface area (Å²) in [6, 6.07) is 4.49. The smallest absolute Gasteiger partial charge is 0.122 e. The Morgan fingerprint density at radius 2 is 1.95 bits per heavy atom. The van der Waals surface area contributed by atoms with Gasteiger partial charge in [0.1, 0.15) is 5.75 Å². The minimum atomic E-state index is 0.191. The van der Waals surface area contributed by atoms with Crippen LogP contribution in [0.5, 0.6) is 5.75 Å². The van der Waals surface area contributed by atoms with Crippen LogP contribution in [-0.4, -0.2) is 19.1 Å². The van der Waals surface area contributed by atoms with Gasteiger partial charge < -0.3 is 10.1 Å². The molecule has 3 nitrogen and oxygen atoms in total. The van der Waals surface area contributed by atoms with Gasteiger partial charge >= 0.3 is 0 Å². The molecular formula is C15H20N2OS. The van der Waals surface area contributed by atoms with Gasteiger partial charge in [-0.25, -0.2) is 4.98 Å². The number of ether oxygens (including phenoxy) is 1.